The molecule has 4 nitrogen and oxygen atoms in total. The Kier molecular flexibility index (Phi) is 4.40. The van der Waals surface area contributed by atoms with E-state index < -0.39 is 5.97 Å². The van der Waals surface area contributed by atoms with Gasteiger partial charge in [0.2, 0.25) is 0 Å². The summed E-state index contributed by atoms with van der Waals surface area (Å²) in [6.45, 7) is 6.34. The van der Waals surface area contributed by atoms with Crippen LogP contribution in [0.3, 0.4) is 0 Å². The molecule has 1 saturated carbocycles. The minimum absolute atomic E-state index is 0.322. The number of aliphatic carboxylic acids is 1. The molecule has 17 heavy (non-hydrogen) atoms. The van der Waals surface area contributed by atoms with Gasteiger partial charge in [0.25, 0.3) is 0 Å². The van der Waals surface area contributed by atoms with E-state index in [0.29, 0.717) is 18.4 Å². The fourth-order valence-corrected chi connectivity index (χ4v) is 2.95. The summed E-state index contributed by atoms with van der Waals surface area (Å²) in [6.07, 6.45) is 4.07. The van der Waals surface area contributed by atoms with E-state index in [2.05, 4.69) is 17.1 Å². The second-order valence-corrected chi connectivity index (χ2v) is 5.62. The van der Waals surface area contributed by atoms with E-state index in [4.69, 9.17) is 5.11 Å². The molecule has 0 radical (unpaired) electrons. The maximum Gasteiger partial charge on any atom is 0.303 e. The molecule has 2 rings (SSSR count). The first kappa shape index (κ1) is 12.8. The zero-order valence-corrected chi connectivity index (χ0v) is 10.7. The van der Waals surface area contributed by atoms with Crippen molar-refractivity contribution in [3.8, 4) is 0 Å². The van der Waals surface area contributed by atoms with Gasteiger partial charge in [0.1, 0.15) is 0 Å². The van der Waals surface area contributed by atoms with Gasteiger partial charge < -0.3 is 15.3 Å². The molecule has 2 fully saturated rings. The van der Waals surface area contributed by atoms with Crippen LogP contribution < -0.4 is 5.32 Å². The molecule has 98 valence electrons. The molecule has 2 N–H and O–H groups in total. The van der Waals surface area contributed by atoms with Gasteiger partial charge in [-0.15, -0.1) is 0 Å². The highest BCUT2D eigenvalue weighted by Gasteiger charge is 2.31. The third kappa shape index (κ3) is 4.28. The van der Waals surface area contributed by atoms with Gasteiger partial charge in [0.05, 0.1) is 0 Å². The van der Waals surface area contributed by atoms with Crippen LogP contribution in [-0.4, -0.2) is 48.2 Å². The number of nitrogens with one attached hydrogen (secondary N) is 1. The quantitative estimate of drug-likeness (QED) is 0.732. The van der Waals surface area contributed by atoms with Crippen LogP contribution in [0.4, 0.5) is 0 Å². The lowest BCUT2D eigenvalue weighted by molar-refractivity contribution is -0.138. The van der Waals surface area contributed by atoms with Crippen molar-refractivity contribution >= 4 is 5.97 Å². The summed E-state index contributed by atoms with van der Waals surface area (Å²) in [7, 11) is 0. The summed E-state index contributed by atoms with van der Waals surface area (Å²) >= 11 is 0. The summed E-state index contributed by atoms with van der Waals surface area (Å²) < 4.78 is 0. The van der Waals surface area contributed by atoms with Gasteiger partial charge in [-0.25, -0.2) is 0 Å². The monoisotopic (exact) mass is 240 g/mol. The van der Waals surface area contributed by atoms with Crippen molar-refractivity contribution in [2.45, 2.75) is 38.6 Å². The van der Waals surface area contributed by atoms with Crippen molar-refractivity contribution in [3.05, 3.63) is 0 Å². The van der Waals surface area contributed by atoms with Gasteiger partial charge in [0.15, 0.2) is 0 Å². The van der Waals surface area contributed by atoms with E-state index in [1.54, 1.807) is 0 Å². The molecule has 1 aliphatic carbocycles. The maximum atomic E-state index is 10.8. The molecule has 0 amide bonds. The molecule has 0 bridgehead atoms. The van der Waals surface area contributed by atoms with Crippen molar-refractivity contribution in [1.29, 1.82) is 0 Å². The Morgan fingerprint density at radius 3 is 2.71 bits per heavy atom. The fraction of sp³-hybridized carbons (Fsp3) is 0.923. The Morgan fingerprint density at radius 2 is 2.12 bits per heavy atom. The van der Waals surface area contributed by atoms with Gasteiger partial charge in [-0.3, -0.25) is 4.79 Å². The Labute approximate surface area is 103 Å². The molecular weight excluding hydrogens is 216 g/mol. The highest BCUT2D eigenvalue weighted by atomic mass is 16.4. The Morgan fingerprint density at radius 1 is 1.35 bits per heavy atom. The number of likely N-dealkylation sites (N-methyl/N-ethyl adjacent to an activating group) is 1. The first-order valence-electron chi connectivity index (χ1n) is 6.85. The molecule has 2 aliphatic rings. The minimum Gasteiger partial charge on any atom is -0.481 e. The summed E-state index contributed by atoms with van der Waals surface area (Å²) in [6, 6.07) is 0.483. The minimum atomic E-state index is -0.654. The zero-order chi connectivity index (χ0) is 12.3. The third-order valence-corrected chi connectivity index (χ3v) is 3.78. The van der Waals surface area contributed by atoms with Crippen molar-refractivity contribution < 1.29 is 9.90 Å². The predicted molar refractivity (Wildman–Crippen MR) is 67.0 cm³/mol. The molecule has 0 aromatic carbocycles. The van der Waals surface area contributed by atoms with Crippen LogP contribution in [0.2, 0.25) is 0 Å². The highest BCUT2D eigenvalue weighted by Crippen LogP contribution is 2.31. The van der Waals surface area contributed by atoms with Gasteiger partial charge in [-0.1, -0.05) is 6.92 Å². The molecule has 4 heteroatoms. The molecular formula is C13H24N2O2. The second kappa shape index (κ2) is 5.83. The summed E-state index contributed by atoms with van der Waals surface area (Å²) in [4.78, 5) is 13.3. The average Bonchev–Trinajstić information content (AvgIpc) is 3.00. The summed E-state index contributed by atoms with van der Waals surface area (Å²) in [5.74, 6) is 0.559. The smallest absolute Gasteiger partial charge is 0.303 e. The number of piperidine rings is 1. The SMILES string of the molecule is CCNC1CC(CC(=O)O)CN(CC2CC2)C1. The fourth-order valence-electron chi connectivity index (χ4n) is 2.95. The van der Waals surface area contributed by atoms with Crippen LogP contribution in [0.1, 0.15) is 32.6 Å². The van der Waals surface area contributed by atoms with Crippen molar-refractivity contribution in [2.24, 2.45) is 11.8 Å². The predicted octanol–water partition coefficient (Wildman–Crippen LogP) is 1.17. The number of carbonyl (C=O) groups is 1. The zero-order valence-electron chi connectivity index (χ0n) is 10.7. The Balaban J connectivity index is 1.85. The van der Waals surface area contributed by atoms with Crippen LogP contribution in [-0.2, 0) is 4.79 Å². The molecule has 1 aliphatic heterocycles. The third-order valence-electron chi connectivity index (χ3n) is 3.78. The molecule has 0 aromatic rings. The lowest BCUT2D eigenvalue weighted by Crippen LogP contribution is -2.50. The molecule has 2 unspecified atom stereocenters. The summed E-state index contributed by atoms with van der Waals surface area (Å²) in [5.41, 5.74) is 0. The number of likely N-dealkylation sites (tertiary alicyclic amines) is 1. The van der Waals surface area contributed by atoms with E-state index in [1.165, 1.54) is 19.4 Å². The number of hydrogen-bond acceptors (Lipinski definition) is 3. The standard InChI is InChI=1S/C13H24N2O2/c1-2-14-12-5-11(6-13(16)17)8-15(9-12)7-10-3-4-10/h10-12,14H,2-9H2,1H3,(H,16,17). The van der Waals surface area contributed by atoms with Crippen molar-refractivity contribution in [3.63, 3.8) is 0 Å². The lowest BCUT2D eigenvalue weighted by atomic mass is 9.91. The Bertz CT molecular complexity index is 266. The first-order valence-corrected chi connectivity index (χ1v) is 6.85. The average molecular weight is 240 g/mol. The normalized spacial score (nSPS) is 30.4. The number of carboxylic acids is 1. The van der Waals surface area contributed by atoms with Crippen molar-refractivity contribution in [2.75, 3.05) is 26.2 Å². The summed E-state index contributed by atoms with van der Waals surface area (Å²) in [5, 5.41) is 12.4. The number of carboxylic acid groups (broad SMARTS) is 1. The molecule has 1 saturated heterocycles. The maximum absolute atomic E-state index is 10.8. The van der Waals surface area contributed by atoms with Crippen LogP contribution in [0.15, 0.2) is 0 Å². The van der Waals surface area contributed by atoms with E-state index in [-0.39, 0.29) is 0 Å². The van der Waals surface area contributed by atoms with Gasteiger partial charge in [0, 0.05) is 32.1 Å². The van der Waals surface area contributed by atoms with Crippen LogP contribution in [0.25, 0.3) is 0 Å². The van der Waals surface area contributed by atoms with Gasteiger partial charge in [-0.05, 0) is 37.6 Å². The first-order chi connectivity index (χ1) is 8.17. The van der Waals surface area contributed by atoms with E-state index in [1.807, 2.05) is 0 Å². The van der Waals surface area contributed by atoms with E-state index >= 15 is 0 Å². The molecule has 0 aromatic heterocycles. The van der Waals surface area contributed by atoms with Gasteiger partial charge >= 0.3 is 5.97 Å². The van der Waals surface area contributed by atoms with E-state index in [9.17, 15) is 4.79 Å². The molecule has 1 heterocycles. The van der Waals surface area contributed by atoms with Crippen LogP contribution in [0, 0.1) is 11.8 Å². The van der Waals surface area contributed by atoms with Crippen molar-refractivity contribution in [1.82, 2.24) is 10.2 Å². The van der Waals surface area contributed by atoms with Crippen LogP contribution in [0.5, 0.6) is 0 Å². The van der Waals surface area contributed by atoms with E-state index in [0.717, 1.165) is 32.0 Å². The lowest BCUT2D eigenvalue weighted by Gasteiger charge is -2.37. The number of nitrogens with zero attached hydrogens (tertiary/aromatic N) is 1. The topological polar surface area (TPSA) is 52.6 Å². The molecule has 0 spiro atoms. The largest absolute Gasteiger partial charge is 0.481 e. The molecule has 2 atom stereocenters. The van der Waals surface area contributed by atoms with Gasteiger partial charge in [-0.2, -0.15) is 0 Å². The van der Waals surface area contributed by atoms with Crippen LogP contribution >= 0.6 is 0 Å². The number of hydrogen-bond donors (Lipinski definition) is 2. The number of rotatable bonds is 6. The Hall–Kier alpha value is -0.610. The highest BCUT2D eigenvalue weighted by molar-refractivity contribution is 5.67. The second-order valence-electron chi connectivity index (χ2n) is 5.62.